The van der Waals surface area contributed by atoms with Gasteiger partial charge in [-0.1, -0.05) is 23.2 Å². The van der Waals surface area contributed by atoms with Crippen molar-refractivity contribution >= 4 is 29.2 Å². The highest BCUT2D eigenvalue weighted by Gasteiger charge is 2.31. The van der Waals surface area contributed by atoms with E-state index < -0.39 is 17.7 Å². The van der Waals surface area contributed by atoms with Gasteiger partial charge in [-0.15, -0.1) is 0 Å². The fraction of sp³-hybridized carbons (Fsp3) is 0.111. The van der Waals surface area contributed by atoms with E-state index in [1.165, 1.54) is 29.8 Å². The van der Waals surface area contributed by atoms with Crippen molar-refractivity contribution in [2.75, 3.05) is 0 Å². The highest BCUT2D eigenvalue weighted by atomic mass is 35.5. The number of aromatic nitrogens is 2. The summed E-state index contributed by atoms with van der Waals surface area (Å²) in [5.41, 5.74) is -0.0221. The molecule has 1 aromatic heterocycles. The number of halogens is 5. The van der Waals surface area contributed by atoms with E-state index in [0.29, 0.717) is 21.8 Å². The molecule has 0 unspecified atom stereocenters. The van der Waals surface area contributed by atoms with Crippen LogP contribution in [0.2, 0.25) is 10.0 Å². The van der Waals surface area contributed by atoms with Crippen molar-refractivity contribution in [1.82, 2.24) is 9.55 Å². The van der Waals surface area contributed by atoms with Gasteiger partial charge in [-0.25, -0.2) is 9.78 Å². The molecule has 9 heteroatoms. The normalized spacial score (nSPS) is 11.6. The maximum Gasteiger partial charge on any atom is 0.416 e. The number of imidazole rings is 1. The van der Waals surface area contributed by atoms with Crippen LogP contribution in [0.3, 0.4) is 0 Å². The molecule has 0 aliphatic heterocycles. The first kappa shape index (κ1) is 19.3. The number of hydrogen-bond acceptors (Lipinski definition) is 2. The first-order valence-electron chi connectivity index (χ1n) is 7.54. The standard InChI is InChI=1S/C18H11Cl2F3N2O2/c1-9-6-10(18(21,22)23)2-5-15(9)25-8-14(17(26)27)24-16(25)12-4-3-11(19)7-13(12)20/h2-8H,1H3,(H,26,27). The molecule has 4 nitrogen and oxygen atoms in total. The van der Waals surface area contributed by atoms with Crippen LogP contribution >= 0.6 is 23.2 Å². The van der Waals surface area contributed by atoms with E-state index in [1.807, 2.05) is 0 Å². The van der Waals surface area contributed by atoms with Crippen LogP contribution in [0.25, 0.3) is 17.1 Å². The fourth-order valence-corrected chi connectivity index (χ4v) is 3.12. The molecule has 0 spiro atoms. The van der Waals surface area contributed by atoms with Gasteiger partial charge in [0.1, 0.15) is 5.82 Å². The Hall–Kier alpha value is -2.51. The molecule has 3 rings (SSSR count). The Morgan fingerprint density at radius 1 is 1.15 bits per heavy atom. The Morgan fingerprint density at radius 2 is 1.85 bits per heavy atom. The van der Waals surface area contributed by atoms with Crippen molar-refractivity contribution in [2.24, 2.45) is 0 Å². The molecule has 27 heavy (non-hydrogen) atoms. The monoisotopic (exact) mass is 414 g/mol. The number of aromatic carboxylic acids is 1. The SMILES string of the molecule is Cc1cc(C(F)(F)F)ccc1-n1cc(C(=O)O)nc1-c1ccc(Cl)cc1Cl. The molecular formula is C18H11Cl2F3N2O2. The summed E-state index contributed by atoms with van der Waals surface area (Å²) in [6.45, 7) is 1.50. The second kappa shape index (κ2) is 6.90. The fourth-order valence-electron chi connectivity index (χ4n) is 2.63. The van der Waals surface area contributed by atoms with E-state index in [9.17, 15) is 23.1 Å². The number of carboxylic acids is 1. The molecule has 0 saturated heterocycles. The minimum absolute atomic E-state index is 0.178. The van der Waals surface area contributed by atoms with Gasteiger partial charge in [-0.2, -0.15) is 13.2 Å². The molecule has 2 aromatic carbocycles. The predicted molar refractivity (Wildman–Crippen MR) is 95.7 cm³/mol. The van der Waals surface area contributed by atoms with Gasteiger partial charge >= 0.3 is 12.1 Å². The van der Waals surface area contributed by atoms with Crippen LogP contribution in [0.15, 0.2) is 42.6 Å². The third-order valence-electron chi connectivity index (χ3n) is 3.88. The summed E-state index contributed by atoms with van der Waals surface area (Å²) in [6.07, 6.45) is -3.25. The van der Waals surface area contributed by atoms with Crippen molar-refractivity contribution in [3.63, 3.8) is 0 Å². The van der Waals surface area contributed by atoms with Crippen molar-refractivity contribution < 1.29 is 23.1 Å². The Morgan fingerprint density at radius 3 is 2.41 bits per heavy atom. The van der Waals surface area contributed by atoms with Gasteiger partial charge in [0.2, 0.25) is 0 Å². The van der Waals surface area contributed by atoms with Crippen LogP contribution in [0.4, 0.5) is 13.2 Å². The number of alkyl halides is 3. The molecule has 0 saturated carbocycles. The molecule has 1 N–H and O–H groups in total. The third kappa shape index (κ3) is 3.79. The largest absolute Gasteiger partial charge is 0.476 e. The van der Waals surface area contributed by atoms with Crippen LogP contribution in [-0.4, -0.2) is 20.6 Å². The van der Waals surface area contributed by atoms with E-state index in [4.69, 9.17) is 23.2 Å². The van der Waals surface area contributed by atoms with Gasteiger partial charge in [0.25, 0.3) is 0 Å². The molecule has 3 aromatic rings. The van der Waals surface area contributed by atoms with E-state index in [-0.39, 0.29) is 16.5 Å². The van der Waals surface area contributed by atoms with Gasteiger partial charge < -0.3 is 5.11 Å². The van der Waals surface area contributed by atoms with Crippen LogP contribution in [0.1, 0.15) is 21.6 Å². The minimum Gasteiger partial charge on any atom is -0.476 e. The third-order valence-corrected chi connectivity index (χ3v) is 4.43. The van der Waals surface area contributed by atoms with E-state index in [2.05, 4.69) is 4.98 Å². The first-order valence-corrected chi connectivity index (χ1v) is 8.30. The maximum atomic E-state index is 12.9. The lowest BCUT2D eigenvalue weighted by Crippen LogP contribution is -2.07. The second-order valence-corrected chi connectivity index (χ2v) is 6.59. The number of nitrogens with zero attached hydrogens (tertiary/aromatic N) is 2. The Balaban J connectivity index is 2.23. The van der Waals surface area contributed by atoms with Crippen LogP contribution in [0.5, 0.6) is 0 Å². The summed E-state index contributed by atoms with van der Waals surface area (Å²) in [5.74, 6) is -1.10. The van der Waals surface area contributed by atoms with Crippen LogP contribution in [-0.2, 0) is 6.18 Å². The summed E-state index contributed by atoms with van der Waals surface area (Å²) in [5, 5.41) is 9.88. The zero-order valence-electron chi connectivity index (χ0n) is 13.7. The summed E-state index contributed by atoms with van der Waals surface area (Å²) in [6, 6.07) is 7.77. The highest BCUT2D eigenvalue weighted by Crippen LogP contribution is 2.34. The highest BCUT2D eigenvalue weighted by molar-refractivity contribution is 6.36. The molecule has 1 heterocycles. The Labute approximate surface area is 161 Å². The number of carboxylic acid groups (broad SMARTS) is 1. The van der Waals surface area contributed by atoms with E-state index in [0.717, 1.165) is 12.1 Å². The molecule has 0 fully saturated rings. The van der Waals surface area contributed by atoms with Crippen molar-refractivity contribution in [2.45, 2.75) is 13.1 Å². The number of benzene rings is 2. The lowest BCUT2D eigenvalue weighted by Gasteiger charge is -2.14. The van der Waals surface area contributed by atoms with Crippen LogP contribution in [0, 0.1) is 6.92 Å². The van der Waals surface area contributed by atoms with E-state index >= 15 is 0 Å². The molecule has 0 radical (unpaired) electrons. The molecule has 140 valence electrons. The smallest absolute Gasteiger partial charge is 0.416 e. The Kier molecular flexibility index (Phi) is 4.92. The quantitative estimate of drug-likeness (QED) is 0.582. The molecule has 0 bridgehead atoms. The average molecular weight is 415 g/mol. The second-order valence-electron chi connectivity index (χ2n) is 5.75. The maximum absolute atomic E-state index is 12.9. The molecule has 0 atom stereocenters. The zero-order chi connectivity index (χ0) is 19.9. The number of hydrogen-bond donors (Lipinski definition) is 1. The number of aryl methyl sites for hydroxylation is 1. The van der Waals surface area contributed by atoms with Crippen molar-refractivity contribution in [1.29, 1.82) is 0 Å². The molecular weight excluding hydrogens is 404 g/mol. The average Bonchev–Trinajstić information content (AvgIpc) is 2.99. The molecule has 0 aliphatic carbocycles. The van der Waals surface area contributed by atoms with Crippen LogP contribution < -0.4 is 0 Å². The van der Waals surface area contributed by atoms with Gasteiger partial charge in [0.05, 0.1) is 16.3 Å². The summed E-state index contributed by atoms with van der Waals surface area (Å²) >= 11 is 12.1. The van der Waals surface area contributed by atoms with Crippen molar-refractivity contribution in [3.05, 3.63) is 69.5 Å². The summed E-state index contributed by atoms with van der Waals surface area (Å²) < 4.78 is 40.2. The number of carbonyl (C=O) groups is 1. The predicted octanol–water partition coefficient (Wildman–Crippen LogP) is 5.87. The van der Waals surface area contributed by atoms with Gasteiger partial charge in [-0.3, -0.25) is 4.57 Å². The molecule has 0 aliphatic rings. The lowest BCUT2D eigenvalue weighted by molar-refractivity contribution is -0.137. The lowest BCUT2D eigenvalue weighted by atomic mass is 10.1. The topological polar surface area (TPSA) is 55.1 Å². The van der Waals surface area contributed by atoms with Crippen molar-refractivity contribution in [3.8, 4) is 17.1 Å². The van der Waals surface area contributed by atoms with Gasteiger partial charge in [0, 0.05) is 16.8 Å². The zero-order valence-corrected chi connectivity index (χ0v) is 15.2. The first-order chi connectivity index (χ1) is 12.6. The number of rotatable bonds is 3. The minimum atomic E-state index is -4.48. The Bertz CT molecular complexity index is 1050. The summed E-state index contributed by atoms with van der Waals surface area (Å²) in [4.78, 5) is 15.4. The van der Waals surface area contributed by atoms with Gasteiger partial charge in [-0.05, 0) is 48.9 Å². The molecule has 0 amide bonds. The van der Waals surface area contributed by atoms with E-state index in [1.54, 1.807) is 12.1 Å². The van der Waals surface area contributed by atoms with Gasteiger partial charge in [0.15, 0.2) is 5.69 Å². The summed E-state index contributed by atoms with van der Waals surface area (Å²) in [7, 11) is 0.